The van der Waals surface area contributed by atoms with Gasteiger partial charge in [0.1, 0.15) is 11.5 Å². The molecule has 1 aliphatic rings. The molecule has 0 aliphatic carbocycles. The van der Waals surface area contributed by atoms with Gasteiger partial charge in [0.05, 0.1) is 5.52 Å². The Labute approximate surface area is 180 Å². The summed E-state index contributed by atoms with van der Waals surface area (Å²) < 4.78 is 15.4. The molecule has 0 spiro atoms. The summed E-state index contributed by atoms with van der Waals surface area (Å²) in [6.45, 7) is 4.33. The smallest absolute Gasteiger partial charge is 0.123 e. The topological polar surface area (TPSA) is 71.5 Å². The Morgan fingerprint density at radius 3 is 2.61 bits per heavy atom. The van der Waals surface area contributed by atoms with Crippen LogP contribution >= 0.6 is 0 Å². The van der Waals surface area contributed by atoms with E-state index in [0.29, 0.717) is 12.6 Å². The van der Waals surface area contributed by atoms with Gasteiger partial charge in [-0.2, -0.15) is 5.10 Å². The van der Waals surface area contributed by atoms with Gasteiger partial charge in [0.2, 0.25) is 0 Å². The number of benzene rings is 1. The molecule has 1 saturated heterocycles. The minimum absolute atomic E-state index is 0.259. The Kier molecular flexibility index (Phi) is 5.46. The summed E-state index contributed by atoms with van der Waals surface area (Å²) in [6, 6.07) is 15.1. The molecule has 0 radical (unpaired) electrons. The monoisotopic (exact) mass is 416 g/mol. The first-order valence-corrected chi connectivity index (χ1v) is 10.6. The molecule has 31 heavy (non-hydrogen) atoms. The van der Waals surface area contributed by atoms with Gasteiger partial charge in [-0.1, -0.05) is 6.07 Å². The summed E-state index contributed by atoms with van der Waals surface area (Å²) in [5, 5.41) is 8.31. The van der Waals surface area contributed by atoms with Gasteiger partial charge in [-0.05, 0) is 53.6 Å². The van der Waals surface area contributed by atoms with Crippen molar-refractivity contribution in [2.24, 2.45) is 5.73 Å². The van der Waals surface area contributed by atoms with Crippen LogP contribution in [0.5, 0.6) is 0 Å². The average molecular weight is 417 g/mol. The Morgan fingerprint density at radius 1 is 1.03 bits per heavy atom. The first-order chi connectivity index (χ1) is 15.2. The van der Waals surface area contributed by atoms with Crippen molar-refractivity contribution < 1.29 is 4.39 Å². The largest absolute Gasteiger partial charge is 0.329 e. The van der Waals surface area contributed by atoms with Crippen LogP contribution in [-0.4, -0.2) is 51.7 Å². The zero-order valence-corrected chi connectivity index (χ0v) is 17.2. The molecule has 0 bridgehead atoms. The third kappa shape index (κ3) is 3.95. The number of nitrogens with zero attached hydrogens (tertiary/aromatic N) is 4. The van der Waals surface area contributed by atoms with Gasteiger partial charge in [0.25, 0.3) is 0 Å². The standard InChI is InChI=1S/C24H25FN6/c25-20-4-2-19(3-5-20)24-23(18-7-9-27-10-8-18)22-6-1-17(16-31(22)29-24)15-30-12-11-28-14-21(30)13-26/h1-10,16,21,28H,11-15,26H2/t21-/m0/s1. The van der Waals surface area contributed by atoms with Crippen molar-refractivity contribution in [3.63, 3.8) is 0 Å². The van der Waals surface area contributed by atoms with E-state index in [2.05, 4.69) is 33.5 Å². The second-order valence-electron chi connectivity index (χ2n) is 7.90. The average Bonchev–Trinajstić information content (AvgIpc) is 3.19. The van der Waals surface area contributed by atoms with Gasteiger partial charge in [-0.15, -0.1) is 0 Å². The fourth-order valence-corrected chi connectivity index (χ4v) is 4.28. The Hall–Kier alpha value is -3.13. The molecule has 4 aromatic rings. The zero-order chi connectivity index (χ0) is 21.2. The van der Waals surface area contributed by atoms with Gasteiger partial charge < -0.3 is 11.1 Å². The van der Waals surface area contributed by atoms with Crippen LogP contribution in [-0.2, 0) is 6.54 Å². The lowest BCUT2D eigenvalue weighted by molar-refractivity contribution is 0.157. The number of piperazine rings is 1. The van der Waals surface area contributed by atoms with E-state index in [9.17, 15) is 4.39 Å². The van der Waals surface area contributed by atoms with E-state index >= 15 is 0 Å². The second kappa shape index (κ2) is 8.55. The van der Waals surface area contributed by atoms with E-state index in [1.165, 1.54) is 17.7 Å². The third-order valence-electron chi connectivity index (χ3n) is 5.91. The van der Waals surface area contributed by atoms with Gasteiger partial charge in [0.15, 0.2) is 0 Å². The van der Waals surface area contributed by atoms with Crippen molar-refractivity contribution in [1.29, 1.82) is 0 Å². The molecule has 3 aromatic heterocycles. The fourth-order valence-electron chi connectivity index (χ4n) is 4.28. The summed E-state index contributed by atoms with van der Waals surface area (Å²) >= 11 is 0. The molecule has 0 unspecified atom stereocenters. The lowest BCUT2D eigenvalue weighted by Gasteiger charge is -2.35. The van der Waals surface area contributed by atoms with Crippen molar-refractivity contribution in [2.75, 3.05) is 26.2 Å². The fraction of sp³-hybridized carbons (Fsp3) is 0.250. The van der Waals surface area contributed by atoms with Gasteiger partial charge >= 0.3 is 0 Å². The molecule has 6 nitrogen and oxygen atoms in total. The number of nitrogens with one attached hydrogen (secondary N) is 1. The molecular formula is C24H25FN6. The van der Waals surface area contributed by atoms with Gasteiger partial charge in [-0.25, -0.2) is 8.91 Å². The lowest BCUT2D eigenvalue weighted by atomic mass is 10.0. The Morgan fingerprint density at radius 2 is 1.84 bits per heavy atom. The number of aromatic nitrogens is 3. The highest BCUT2D eigenvalue weighted by Gasteiger charge is 2.22. The van der Waals surface area contributed by atoms with E-state index in [1.807, 2.05) is 16.6 Å². The predicted octanol–water partition coefficient (Wildman–Crippen LogP) is 2.93. The normalized spacial score (nSPS) is 17.3. The predicted molar refractivity (Wildman–Crippen MR) is 120 cm³/mol. The number of nitrogens with two attached hydrogens (primary N) is 1. The zero-order valence-electron chi connectivity index (χ0n) is 17.2. The molecule has 0 saturated carbocycles. The van der Waals surface area contributed by atoms with E-state index in [0.717, 1.165) is 54.1 Å². The minimum Gasteiger partial charge on any atom is -0.329 e. The summed E-state index contributed by atoms with van der Waals surface area (Å²) in [7, 11) is 0. The van der Waals surface area contributed by atoms with Gasteiger partial charge in [-0.3, -0.25) is 9.88 Å². The SMILES string of the molecule is NC[C@H]1CNCCN1Cc1ccc2c(-c3ccncc3)c(-c3ccc(F)cc3)nn2c1. The number of hydrogen-bond donors (Lipinski definition) is 2. The molecule has 7 heteroatoms. The van der Waals surface area contributed by atoms with Crippen LogP contribution in [0.4, 0.5) is 4.39 Å². The lowest BCUT2D eigenvalue weighted by Crippen LogP contribution is -2.53. The highest BCUT2D eigenvalue weighted by molar-refractivity contribution is 5.92. The number of halogens is 1. The highest BCUT2D eigenvalue weighted by atomic mass is 19.1. The van der Waals surface area contributed by atoms with Crippen LogP contribution in [0.15, 0.2) is 67.1 Å². The Balaban J connectivity index is 1.58. The number of fused-ring (bicyclic) bond motifs is 1. The summed E-state index contributed by atoms with van der Waals surface area (Å²) in [4.78, 5) is 6.57. The highest BCUT2D eigenvalue weighted by Crippen LogP contribution is 2.35. The minimum atomic E-state index is -0.259. The maximum Gasteiger partial charge on any atom is 0.123 e. The van der Waals surface area contributed by atoms with E-state index in [4.69, 9.17) is 10.8 Å². The van der Waals surface area contributed by atoms with Gasteiger partial charge in [0, 0.05) is 68.5 Å². The van der Waals surface area contributed by atoms with Crippen molar-refractivity contribution in [3.05, 3.63) is 78.5 Å². The molecule has 0 amide bonds. The number of pyridine rings is 2. The molecule has 4 heterocycles. The van der Waals surface area contributed by atoms with E-state index in [-0.39, 0.29) is 5.82 Å². The number of rotatable bonds is 5. The summed E-state index contributed by atoms with van der Waals surface area (Å²) in [5.74, 6) is -0.259. The van der Waals surface area contributed by atoms with Crippen molar-refractivity contribution in [3.8, 4) is 22.4 Å². The molecule has 158 valence electrons. The second-order valence-corrected chi connectivity index (χ2v) is 7.90. The van der Waals surface area contributed by atoms with E-state index in [1.54, 1.807) is 24.5 Å². The molecule has 1 fully saturated rings. The van der Waals surface area contributed by atoms with Crippen LogP contribution in [0.1, 0.15) is 5.56 Å². The molecular weight excluding hydrogens is 391 g/mol. The van der Waals surface area contributed by atoms with Crippen molar-refractivity contribution >= 4 is 5.52 Å². The quantitative estimate of drug-likeness (QED) is 0.523. The summed E-state index contributed by atoms with van der Waals surface area (Å²) in [5.41, 5.74) is 11.9. The molecule has 3 N–H and O–H groups in total. The van der Waals surface area contributed by atoms with Crippen molar-refractivity contribution in [1.82, 2.24) is 24.8 Å². The van der Waals surface area contributed by atoms with E-state index < -0.39 is 0 Å². The first-order valence-electron chi connectivity index (χ1n) is 10.6. The molecule has 1 aromatic carbocycles. The van der Waals surface area contributed by atoms with Crippen LogP contribution in [0.3, 0.4) is 0 Å². The van der Waals surface area contributed by atoms with Crippen LogP contribution in [0, 0.1) is 5.82 Å². The Bertz CT molecular complexity index is 1170. The number of hydrogen-bond acceptors (Lipinski definition) is 5. The summed E-state index contributed by atoms with van der Waals surface area (Å²) in [6.07, 6.45) is 5.64. The first kappa shape index (κ1) is 19.8. The molecule has 1 atom stereocenters. The molecule has 1 aliphatic heterocycles. The maximum atomic E-state index is 13.5. The third-order valence-corrected chi connectivity index (χ3v) is 5.91. The van der Waals surface area contributed by atoms with Crippen LogP contribution < -0.4 is 11.1 Å². The van der Waals surface area contributed by atoms with Crippen LogP contribution in [0.25, 0.3) is 27.9 Å². The molecule has 5 rings (SSSR count). The van der Waals surface area contributed by atoms with Crippen molar-refractivity contribution in [2.45, 2.75) is 12.6 Å². The maximum absolute atomic E-state index is 13.5. The van der Waals surface area contributed by atoms with Crippen LogP contribution in [0.2, 0.25) is 0 Å².